The van der Waals surface area contributed by atoms with E-state index in [4.69, 9.17) is 29.2 Å². The molecule has 0 spiro atoms. The van der Waals surface area contributed by atoms with Crippen molar-refractivity contribution in [3.05, 3.63) is 10.6 Å². The number of rotatable bonds is 8. The van der Waals surface area contributed by atoms with E-state index in [1.54, 1.807) is 0 Å². The average Bonchev–Trinajstić information content (AvgIpc) is 2.80. The van der Waals surface area contributed by atoms with Gasteiger partial charge in [-0.2, -0.15) is 12.1 Å². The summed E-state index contributed by atoms with van der Waals surface area (Å²) in [6.45, 7) is 19.6. The molecule has 0 amide bonds. The molecule has 0 bridgehead atoms. The van der Waals surface area contributed by atoms with E-state index in [-0.39, 0.29) is 0 Å². The fraction of sp³-hybridized carbons (Fsp3) is 1.00. The Hall–Kier alpha value is 1.21. The van der Waals surface area contributed by atoms with Crippen molar-refractivity contribution < 1.29 is 17.0 Å². The SMILES string of the molecule is CC(C)C1CCCC(C(C)C)C1[N-]C1CCCCC1[N-]C1C(C(C)C)CCCC1C(C)C.[Cl][Ti][Cl]. The van der Waals surface area contributed by atoms with E-state index in [2.05, 4.69) is 55.4 Å². The third kappa shape index (κ3) is 9.42. The van der Waals surface area contributed by atoms with Crippen molar-refractivity contribution in [2.75, 3.05) is 0 Å². The Kier molecular flexibility index (Phi) is 15.1. The summed E-state index contributed by atoms with van der Waals surface area (Å²) in [5, 5.41) is 11.6. The van der Waals surface area contributed by atoms with Crippen LogP contribution in [0.4, 0.5) is 0 Å². The maximum absolute atomic E-state index is 5.79. The molecule has 3 aliphatic carbocycles. The van der Waals surface area contributed by atoms with E-state index in [1.807, 2.05) is 0 Å². The number of hydrogen-bond donors (Lipinski definition) is 0. The van der Waals surface area contributed by atoms with Gasteiger partial charge in [-0.3, -0.25) is 0 Å². The first kappa shape index (κ1) is 32.4. The van der Waals surface area contributed by atoms with Gasteiger partial charge in [0.25, 0.3) is 0 Å². The standard InChI is InChI=1S/C30H56N2.2ClH.Ti/c1-19(2)23-13-11-14-24(20(3)4)29(23)31-27-17-9-10-18-28(27)32-30-25(21(5)6)15-12-16-26(30)22(7)8;;;/h19-30H,9-18H2,1-8H3;2*1H;/q-2;;;+2/p-2. The molecular weight excluding hydrogens is 507 g/mol. The molecule has 3 rings (SSSR count). The zero-order valence-electron chi connectivity index (χ0n) is 24.1. The first-order chi connectivity index (χ1) is 16.6. The Balaban J connectivity index is 0.00000137. The molecule has 0 aromatic heterocycles. The van der Waals surface area contributed by atoms with Crippen LogP contribution in [0.3, 0.4) is 0 Å². The summed E-state index contributed by atoms with van der Waals surface area (Å²) in [6, 6.07) is 2.10. The zero-order chi connectivity index (χ0) is 26.1. The monoisotopic (exact) mass is 562 g/mol. The van der Waals surface area contributed by atoms with Gasteiger partial charge in [-0.25, -0.2) is 0 Å². The maximum atomic E-state index is 5.79. The van der Waals surface area contributed by atoms with Crippen molar-refractivity contribution in [2.24, 2.45) is 47.3 Å². The van der Waals surface area contributed by atoms with Gasteiger partial charge in [-0.15, -0.1) is 12.1 Å². The van der Waals surface area contributed by atoms with Crippen molar-refractivity contribution >= 4 is 18.6 Å². The topological polar surface area (TPSA) is 28.2 Å². The molecule has 0 aromatic carbocycles. The summed E-state index contributed by atoms with van der Waals surface area (Å²) in [6.07, 6.45) is 13.6. The van der Waals surface area contributed by atoms with E-state index in [0.29, 0.717) is 24.2 Å². The Bertz CT molecular complexity index is 491. The fourth-order valence-corrected chi connectivity index (χ4v) is 7.73. The van der Waals surface area contributed by atoms with Crippen LogP contribution in [-0.4, -0.2) is 24.2 Å². The van der Waals surface area contributed by atoms with Gasteiger partial charge in [0.2, 0.25) is 0 Å². The molecule has 3 saturated carbocycles. The minimum atomic E-state index is -0.556. The molecule has 2 nitrogen and oxygen atoms in total. The molecule has 3 fully saturated rings. The Morgan fingerprint density at radius 1 is 0.486 bits per heavy atom. The van der Waals surface area contributed by atoms with Gasteiger partial charge in [0.05, 0.1) is 0 Å². The third-order valence-corrected chi connectivity index (χ3v) is 9.75. The van der Waals surface area contributed by atoms with Gasteiger partial charge in [0, 0.05) is 0 Å². The second kappa shape index (κ2) is 16.3. The Morgan fingerprint density at radius 3 is 0.971 bits per heavy atom. The van der Waals surface area contributed by atoms with Gasteiger partial charge >= 0.3 is 35.6 Å². The normalized spacial score (nSPS) is 36.4. The average molecular weight is 564 g/mol. The molecule has 0 saturated heterocycles. The molecule has 0 aliphatic heterocycles. The van der Waals surface area contributed by atoms with E-state index in [0.717, 1.165) is 47.3 Å². The van der Waals surface area contributed by atoms with E-state index >= 15 is 0 Å². The molecule has 0 N–H and O–H groups in total. The number of nitrogens with zero attached hydrogens (tertiary/aromatic N) is 2. The van der Waals surface area contributed by atoms with Crippen LogP contribution in [0.15, 0.2) is 0 Å². The molecule has 0 heterocycles. The fourth-order valence-electron chi connectivity index (χ4n) is 7.73. The first-order valence-electron chi connectivity index (χ1n) is 15.0. The van der Waals surface area contributed by atoms with E-state index in [9.17, 15) is 0 Å². The number of hydrogen-bond acceptors (Lipinski definition) is 0. The van der Waals surface area contributed by atoms with Crippen LogP contribution < -0.4 is 0 Å². The van der Waals surface area contributed by atoms with Crippen LogP contribution in [-0.2, 0) is 17.0 Å². The summed E-state index contributed by atoms with van der Waals surface area (Å²) in [5.74, 6) is 6.11. The predicted octanol–water partition coefficient (Wildman–Crippen LogP) is 10.6. The Labute approximate surface area is 236 Å². The molecule has 0 radical (unpaired) electrons. The van der Waals surface area contributed by atoms with Crippen molar-refractivity contribution in [3.8, 4) is 0 Å². The second-order valence-corrected chi connectivity index (χ2v) is 15.8. The zero-order valence-corrected chi connectivity index (χ0v) is 27.2. The van der Waals surface area contributed by atoms with Crippen LogP contribution in [0.1, 0.15) is 120 Å². The van der Waals surface area contributed by atoms with Crippen LogP contribution >= 0.6 is 18.6 Å². The quantitative estimate of drug-likeness (QED) is 0.263. The summed E-state index contributed by atoms with van der Waals surface area (Å²) in [7, 11) is 9.78. The Morgan fingerprint density at radius 2 is 0.743 bits per heavy atom. The molecule has 6 atom stereocenters. The van der Waals surface area contributed by atoms with Crippen molar-refractivity contribution in [3.63, 3.8) is 0 Å². The van der Waals surface area contributed by atoms with Crippen molar-refractivity contribution in [2.45, 2.75) is 144 Å². The first-order valence-corrected chi connectivity index (χ1v) is 19.3. The van der Waals surface area contributed by atoms with Crippen LogP contribution in [0.2, 0.25) is 0 Å². The van der Waals surface area contributed by atoms with Crippen LogP contribution in [0.5, 0.6) is 0 Å². The van der Waals surface area contributed by atoms with Gasteiger partial charge in [-0.1, -0.05) is 143 Å². The van der Waals surface area contributed by atoms with Crippen molar-refractivity contribution in [1.29, 1.82) is 0 Å². The van der Waals surface area contributed by atoms with Crippen LogP contribution in [0.25, 0.3) is 10.6 Å². The summed E-state index contributed by atoms with van der Waals surface area (Å²) in [5.41, 5.74) is 0. The molecule has 3 aliphatic rings. The molecule has 6 unspecified atom stereocenters. The molecule has 206 valence electrons. The second-order valence-electron chi connectivity index (χ2n) is 13.3. The summed E-state index contributed by atoms with van der Waals surface area (Å²) < 4.78 is 0. The number of halogens is 2. The minimum absolute atomic E-state index is 0.483. The van der Waals surface area contributed by atoms with Crippen molar-refractivity contribution in [1.82, 2.24) is 0 Å². The molecule has 5 heteroatoms. The van der Waals surface area contributed by atoms with E-state index in [1.165, 1.54) is 64.2 Å². The summed E-state index contributed by atoms with van der Waals surface area (Å²) >= 11 is -0.556. The van der Waals surface area contributed by atoms with E-state index < -0.39 is 17.0 Å². The molecular formula is C30H56Cl2N2Ti-2. The van der Waals surface area contributed by atoms with Gasteiger partial charge in [0.1, 0.15) is 0 Å². The summed E-state index contributed by atoms with van der Waals surface area (Å²) in [4.78, 5) is 0. The van der Waals surface area contributed by atoms with Gasteiger partial charge in [-0.05, 0) is 23.7 Å². The predicted molar refractivity (Wildman–Crippen MR) is 153 cm³/mol. The van der Waals surface area contributed by atoms with Crippen LogP contribution in [0, 0.1) is 47.3 Å². The van der Waals surface area contributed by atoms with Gasteiger partial charge in [0.15, 0.2) is 0 Å². The van der Waals surface area contributed by atoms with Gasteiger partial charge < -0.3 is 10.6 Å². The molecule has 35 heavy (non-hydrogen) atoms. The molecule has 0 aromatic rings. The third-order valence-electron chi connectivity index (χ3n) is 9.75.